The molecule has 0 aliphatic carbocycles. The molecule has 38 heavy (non-hydrogen) atoms. The van der Waals surface area contributed by atoms with Crippen LogP contribution in [0.15, 0.2) is 75.9 Å². The summed E-state index contributed by atoms with van der Waals surface area (Å²) >= 11 is 0. The zero-order valence-corrected chi connectivity index (χ0v) is 21.0. The molecule has 7 nitrogen and oxygen atoms in total. The summed E-state index contributed by atoms with van der Waals surface area (Å²) in [6.45, 7) is 4.62. The second kappa shape index (κ2) is 10.5. The average molecular weight is 516 g/mol. The Labute approximate surface area is 218 Å². The number of amides is 1. The van der Waals surface area contributed by atoms with E-state index in [9.17, 15) is 18.8 Å². The number of hydrogen-bond donors (Lipinski definition) is 0. The van der Waals surface area contributed by atoms with Gasteiger partial charge in [-0.25, -0.2) is 9.18 Å². The number of nitrogens with zero attached hydrogens (tertiary/aromatic N) is 1. The maximum atomic E-state index is 14.0. The fourth-order valence-corrected chi connectivity index (χ4v) is 4.58. The maximum absolute atomic E-state index is 14.0. The molecule has 194 valence electrons. The highest BCUT2D eigenvalue weighted by Crippen LogP contribution is 2.41. The van der Waals surface area contributed by atoms with E-state index < -0.39 is 29.2 Å². The summed E-state index contributed by atoms with van der Waals surface area (Å²) in [7, 11) is 0. The molecule has 5 rings (SSSR count). The molecule has 0 radical (unpaired) electrons. The van der Waals surface area contributed by atoms with Crippen molar-refractivity contribution in [2.75, 3.05) is 18.1 Å². The van der Waals surface area contributed by atoms with E-state index in [0.29, 0.717) is 29.2 Å². The molecule has 1 aliphatic rings. The Bertz CT molecular complexity index is 1560. The monoisotopic (exact) mass is 515 g/mol. The van der Waals surface area contributed by atoms with Crippen LogP contribution in [0, 0.1) is 5.82 Å². The van der Waals surface area contributed by atoms with Gasteiger partial charge in [0.1, 0.15) is 17.1 Å². The van der Waals surface area contributed by atoms with Gasteiger partial charge in [-0.3, -0.25) is 14.5 Å². The number of carbonyl (C=O) groups is 2. The molecule has 1 atom stereocenters. The van der Waals surface area contributed by atoms with Gasteiger partial charge in [0.25, 0.3) is 5.91 Å². The normalized spacial score (nSPS) is 14.6. The molecule has 1 unspecified atom stereocenters. The van der Waals surface area contributed by atoms with Gasteiger partial charge in [0, 0.05) is 5.69 Å². The van der Waals surface area contributed by atoms with Crippen LogP contribution in [-0.2, 0) is 4.74 Å². The third-order valence-electron chi connectivity index (χ3n) is 6.45. The van der Waals surface area contributed by atoms with Crippen LogP contribution < -0.4 is 15.1 Å². The van der Waals surface area contributed by atoms with Crippen LogP contribution in [-0.4, -0.2) is 25.1 Å². The van der Waals surface area contributed by atoms with Crippen molar-refractivity contribution in [1.29, 1.82) is 0 Å². The summed E-state index contributed by atoms with van der Waals surface area (Å²) in [5.74, 6) is -0.997. The Morgan fingerprint density at radius 3 is 2.42 bits per heavy atom. The van der Waals surface area contributed by atoms with Crippen LogP contribution in [0.25, 0.3) is 11.0 Å². The summed E-state index contributed by atoms with van der Waals surface area (Å²) in [6, 6.07) is 16.3. The molecule has 0 N–H and O–H groups in total. The van der Waals surface area contributed by atoms with Gasteiger partial charge in [-0.1, -0.05) is 25.5 Å². The highest BCUT2D eigenvalue weighted by Gasteiger charge is 2.43. The number of hydrogen-bond acceptors (Lipinski definition) is 6. The van der Waals surface area contributed by atoms with Crippen molar-refractivity contribution in [2.24, 2.45) is 0 Å². The van der Waals surface area contributed by atoms with Crippen molar-refractivity contribution < 1.29 is 27.9 Å². The first kappa shape index (κ1) is 25.2. The Kier molecular flexibility index (Phi) is 6.96. The molecule has 0 spiro atoms. The molecule has 1 amide bonds. The van der Waals surface area contributed by atoms with Crippen molar-refractivity contribution >= 4 is 28.5 Å². The molecule has 2 heterocycles. The Morgan fingerprint density at radius 1 is 1.00 bits per heavy atom. The fraction of sp³-hybridized carbons (Fsp3) is 0.233. The molecule has 0 saturated heterocycles. The minimum Gasteiger partial charge on any atom is -0.494 e. The second-order valence-electron chi connectivity index (χ2n) is 8.93. The molecular weight excluding hydrogens is 489 g/mol. The van der Waals surface area contributed by atoms with Crippen molar-refractivity contribution in [2.45, 2.75) is 32.7 Å². The third kappa shape index (κ3) is 4.53. The zero-order valence-electron chi connectivity index (χ0n) is 21.0. The number of fused-ring (bicyclic) bond motifs is 2. The number of halogens is 1. The van der Waals surface area contributed by atoms with Crippen LogP contribution in [0.4, 0.5) is 10.1 Å². The lowest BCUT2D eigenvalue weighted by atomic mass is 9.98. The molecule has 0 fully saturated rings. The van der Waals surface area contributed by atoms with E-state index in [4.69, 9.17) is 13.9 Å². The van der Waals surface area contributed by atoms with Crippen LogP contribution >= 0.6 is 0 Å². The molecule has 0 saturated carbocycles. The van der Waals surface area contributed by atoms with Gasteiger partial charge in [-0.2, -0.15) is 0 Å². The molecule has 0 bridgehead atoms. The van der Waals surface area contributed by atoms with E-state index in [1.54, 1.807) is 55.5 Å². The molecular formula is C30H26FNO6. The number of ether oxygens (including phenoxy) is 2. The SMILES string of the molecule is CCCCOc1ccc(C2c3c(oc4ccc(F)cc4c3=O)C(=O)N2c2ccc(C(=O)OCC)cc2)cc1. The molecule has 1 aromatic heterocycles. The molecule has 4 aromatic rings. The number of rotatable bonds is 8. The quantitative estimate of drug-likeness (QED) is 0.210. The Hall–Kier alpha value is -4.46. The van der Waals surface area contributed by atoms with Crippen molar-refractivity contribution in [3.05, 3.63) is 105 Å². The van der Waals surface area contributed by atoms with Crippen molar-refractivity contribution in [1.82, 2.24) is 0 Å². The first-order valence-corrected chi connectivity index (χ1v) is 12.5. The van der Waals surface area contributed by atoms with Crippen LogP contribution in [0.2, 0.25) is 0 Å². The number of esters is 1. The predicted molar refractivity (Wildman–Crippen MR) is 140 cm³/mol. The lowest BCUT2D eigenvalue weighted by molar-refractivity contribution is 0.0526. The lowest BCUT2D eigenvalue weighted by Crippen LogP contribution is -2.29. The number of anilines is 1. The van der Waals surface area contributed by atoms with Gasteiger partial charge in [-0.15, -0.1) is 0 Å². The van der Waals surface area contributed by atoms with E-state index in [1.165, 1.54) is 17.0 Å². The standard InChI is InChI=1S/C30H26FNO6/c1-3-5-16-37-22-13-8-18(9-14-22)26-25-27(33)23-17-20(31)10-15-24(23)38-28(25)29(34)32(26)21-11-6-19(7-12-21)30(35)36-4-2/h6-15,17,26H,3-5,16H2,1-2H3. The van der Waals surface area contributed by atoms with E-state index in [-0.39, 0.29) is 28.9 Å². The molecule has 3 aromatic carbocycles. The van der Waals surface area contributed by atoms with E-state index in [1.807, 2.05) is 0 Å². The van der Waals surface area contributed by atoms with E-state index >= 15 is 0 Å². The molecule has 1 aliphatic heterocycles. The number of unbranched alkanes of at least 4 members (excludes halogenated alkanes) is 1. The topological polar surface area (TPSA) is 86.0 Å². The summed E-state index contributed by atoms with van der Waals surface area (Å²) in [5.41, 5.74) is 1.21. The van der Waals surface area contributed by atoms with Crippen molar-refractivity contribution in [3.63, 3.8) is 0 Å². The van der Waals surface area contributed by atoms with E-state index in [0.717, 1.165) is 18.9 Å². The second-order valence-corrected chi connectivity index (χ2v) is 8.93. The fourth-order valence-electron chi connectivity index (χ4n) is 4.58. The summed E-state index contributed by atoms with van der Waals surface area (Å²) in [5, 5.41) is 0.0561. The first-order chi connectivity index (χ1) is 18.4. The maximum Gasteiger partial charge on any atom is 0.338 e. The van der Waals surface area contributed by atoms with Gasteiger partial charge < -0.3 is 13.9 Å². The van der Waals surface area contributed by atoms with E-state index in [2.05, 4.69) is 6.92 Å². The number of carbonyl (C=O) groups excluding carboxylic acids is 2. The number of benzene rings is 3. The molecule has 8 heteroatoms. The summed E-state index contributed by atoms with van der Waals surface area (Å²) in [6.07, 6.45) is 1.93. The Balaban J connectivity index is 1.62. The minimum absolute atomic E-state index is 0.0561. The largest absolute Gasteiger partial charge is 0.494 e. The van der Waals surface area contributed by atoms with Crippen LogP contribution in [0.5, 0.6) is 5.75 Å². The van der Waals surface area contributed by atoms with Gasteiger partial charge in [0.15, 0.2) is 5.43 Å². The van der Waals surface area contributed by atoms with Gasteiger partial charge in [0.2, 0.25) is 5.76 Å². The summed E-state index contributed by atoms with van der Waals surface area (Å²) in [4.78, 5) is 40.9. The lowest BCUT2D eigenvalue weighted by Gasteiger charge is -2.25. The highest BCUT2D eigenvalue weighted by molar-refractivity contribution is 6.10. The Morgan fingerprint density at radius 2 is 1.74 bits per heavy atom. The smallest absolute Gasteiger partial charge is 0.338 e. The predicted octanol–water partition coefficient (Wildman–Crippen LogP) is 6.04. The van der Waals surface area contributed by atoms with Gasteiger partial charge >= 0.3 is 5.97 Å². The first-order valence-electron chi connectivity index (χ1n) is 12.5. The van der Waals surface area contributed by atoms with Gasteiger partial charge in [-0.05, 0) is 73.5 Å². The minimum atomic E-state index is -0.834. The third-order valence-corrected chi connectivity index (χ3v) is 6.45. The van der Waals surface area contributed by atoms with Crippen LogP contribution in [0.3, 0.4) is 0 Å². The van der Waals surface area contributed by atoms with Gasteiger partial charge in [0.05, 0.1) is 35.8 Å². The van der Waals surface area contributed by atoms with Crippen molar-refractivity contribution in [3.8, 4) is 5.75 Å². The average Bonchev–Trinajstić information content (AvgIpc) is 3.22. The highest BCUT2D eigenvalue weighted by atomic mass is 19.1. The zero-order chi connectivity index (χ0) is 26.8. The summed E-state index contributed by atoms with van der Waals surface area (Å²) < 4.78 is 30.7. The van der Waals surface area contributed by atoms with Crippen LogP contribution in [0.1, 0.15) is 64.8 Å².